The molecule has 100 valence electrons. The third kappa shape index (κ3) is 3.36. The minimum atomic E-state index is -1.22. The first kappa shape index (κ1) is 13.2. The highest BCUT2D eigenvalue weighted by Gasteiger charge is 2.30. The second-order valence-corrected chi connectivity index (χ2v) is 4.12. The SMILES string of the molecule is CCCCOC1CN(c2ncccn2)C(F)CO1. The van der Waals surface area contributed by atoms with Gasteiger partial charge >= 0.3 is 0 Å². The highest BCUT2D eigenvalue weighted by Crippen LogP contribution is 2.18. The van der Waals surface area contributed by atoms with Crippen molar-refractivity contribution >= 4 is 5.95 Å². The van der Waals surface area contributed by atoms with Gasteiger partial charge in [-0.15, -0.1) is 0 Å². The van der Waals surface area contributed by atoms with Crippen molar-refractivity contribution in [3.05, 3.63) is 18.5 Å². The molecule has 0 saturated carbocycles. The normalized spacial score (nSPS) is 24.2. The number of alkyl halides is 1. The molecule has 0 N–H and O–H groups in total. The summed E-state index contributed by atoms with van der Waals surface area (Å²) in [6.07, 6.45) is 3.59. The third-order valence-corrected chi connectivity index (χ3v) is 2.71. The molecule has 5 nitrogen and oxygen atoms in total. The molecule has 1 aromatic heterocycles. The number of unbranched alkanes of at least 4 members (excludes halogenated alkanes) is 1. The number of morpholine rings is 1. The Morgan fingerprint density at radius 1 is 1.50 bits per heavy atom. The van der Waals surface area contributed by atoms with Gasteiger partial charge in [-0.1, -0.05) is 13.3 Å². The Kier molecular flexibility index (Phi) is 4.83. The monoisotopic (exact) mass is 255 g/mol. The van der Waals surface area contributed by atoms with Crippen LogP contribution in [0.1, 0.15) is 19.8 Å². The van der Waals surface area contributed by atoms with Gasteiger partial charge < -0.3 is 14.4 Å². The van der Waals surface area contributed by atoms with Crippen molar-refractivity contribution in [3.63, 3.8) is 0 Å². The summed E-state index contributed by atoms with van der Waals surface area (Å²) in [4.78, 5) is 9.57. The van der Waals surface area contributed by atoms with Crippen LogP contribution < -0.4 is 4.90 Å². The molecule has 0 amide bonds. The topological polar surface area (TPSA) is 47.5 Å². The maximum atomic E-state index is 13.8. The second-order valence-electron chi connectivity index (χ2n) is 4.12. The van der Waals surface area contributed by atoms with E-state index in [0.717, 1.165) is 12.8 Å². The van der Waals surface area contributed by atoms with Crippen LogP contribution in [0.3, 0.4) is 0 Å². The van der Waals surface area contributed by atoms with Crippen molar-refractivity contribution in [2.45, 2.75) is 32.4 Å². The van der Waals surface area contributed by atoms with Crippen LogP contribution in [0.2, 0.25) is 0 Å². The van der Waals surface area contributed by atoms with E-state index in [-0.39, 0.29) is 6.61 Å². The summed E-state index contributed by atoms with van der Waals surface area (Å²) in [7, 11) is 0. The van der Waals surface area contributed by atoms with Gasteiger partial charge in [-0.25, -0.2) is 14.4 Å². The van der Waals surface area contributed by atoms with Gasteiger partial charge in [0.2, 0.25) is 5.95 Å². The Balaban J connectivity index is 1.93. The van der Waals surface area contributed by atoms with E-state index < -0.39 is 12.6 Å². The van der Waals surface area contributed by atoms with Gasteiger partial charge in [-0.05, 0) is 12.5 Å². The molecule has 2 rings (SSSR count). The first-order chi connectivity index (χ1) is 8.81. The van der Waals surface area contributed by atoms with Crippen molar-refractivity contribution in [1.82, 2.24) is 9.97 Å². The van der Waals surface area contributed by atoms with Gasteiger partial charge in [0.1, 0.15) is 6.61 Å². The summed E-state index contributed by atoms with van der Waals surface area (Å²) < 4.78 is 24.6. The fourth-order valence-corrected chi connectivity index (χ4v) is 1.71. The van der Waals surface area contributed by atoms with Gasteiger partial charge in [0, 0.05) is 19.0 Å². The van der Waals surface area contributed by atoms with Crippen LogP contribution in [0, 0.1) is 0 Å². The number of hydrogen-bond acceptors (Lipinski definition) is 5. The van der Waals surface area contributed by atoms with Crippen LogP contribution in [0.5, 0.6) is 0 Å². The summed E-state index contributed by atoms with van der Waals surface area (Å²) in [5.41, 5.74) is 0. The zero-order chi connectivity index (χ0) is 12.8. The smallest absolute Gasteiger partial charge is 0.227 e. The van der Waals surface area contributed by atoms with E-state index in [4.69, 9.17) is 9.47 Å². The Hall–Kier alpha value is -1.27. The molecule has 0 spiro atoms. The Labute approximate surface area is 106 Å². The lowest BCUT2D eigenvalue weighted by atomic mass is 10.3. The van der Waals surface area contributed by atoms with Crippen molar-refractivity contribution in [2.75, 3.05) is 24.7 Å². The number of hydrogen-bond donors (Lipinski definition) is 0. The molecule has 2 atom stereocenters. The lowest BCUT2D eigenvalue weighted by molar-refractivity contribution is -0.165. The maximum absolute atomic E-state index is 13.8. The molecular weight excluding hydrogens is 237 g/mol. The van der Waals surface area contributed by atoms with Crippen molar-refractivity contribution in [2.24, 2.45) is 0 Å². The summed E-state index contributed by atoms with van der Waals surface area (Å²) in [5.74, 6) is 0.373. The third-order valence-electron chi connectivity index (χ3n) is 2.71. The van der Waals surface area contributed by atoms with Crippen LogP contribution >= 0.6 is 0 Å². The van der Waals surface area contributed by atoms with Crippen LogP contribution in [0.15, 0.2) is 18.5 Å². The molecule has 2 unspecified atom stereocenters. The molecule has 2 heterocycles. The molecule has 0 aliphatic carbocycles. The number of halogens is 1. The van der Waals surface area contributed by atoms with E-state index in [9.17, 15) is 4.39 Å². The van der Waals surface area contributed by atoms with Crippen molar-refractivity contribution in [1.29, 1.82) is 0 Å². The largest absolute Gasteiger partial charge is 0.351 e. The number of anilines is 1. The fourth-order valence-electron chi connectivity index (χ4n) is 1.71. The van der Waals surface area contributed by atoms with Gasteiger partial charge in [-0.3, -0.25) is 0 Å². The lowest BCUT2D eigenvalue weighted by Gasteiger charge is -2.35. The fraction of sp³-hybridized carbons (Fsp3) is 0.667. The minimum Gasteiger partial charge on any atom is -0.351 e. The van der Waals surface area contributed by atoms with E-state index in [1.807, 2.05) is 0 Å². The molecule has 1 saturated heterocycles. The van der Waals surface area contributed by atoms with E-state index in [0.29, 0.717) is 19.1 Å². The predicted octanol–water partition coefficient (Wildman–Crippen LogP) is 1.75. The van der Waals surface area contributed by atoms with Crippen molar-refractivity contribution < 1.29 is 13.9 Å². The average Bonchev–Trinajstić information content (AvgIpc) is 2.42. The van der Waals surface area contributed by atoms with E-state index in [2.05, 4.69) is 16.9 Å². The molecule has 0 radical (unpaired) electrons. The number of ether oxygens (including phenoxy) is 2. The quantitative estimate of drug-likeness (QED) is 0.592. The Morgan fingerprint density at radius 3 is 3.00 bits per heavy atom. The van der Waals surface area contributed by atoms with E-state index in [1.54, 1.807) is 18.5 Å². The number of rotatable bonds is 5. The summed E-state index contributed by atoms with van der Waals surface area (Å²) in [6, 6.07) is 1.70. The second kappa shape index (κ2) is 6.61. The first-order valence-corrected chi connectivity index (χ1v) is 6.22. The zero-order valence-electron chi connectivity index (χ0n) is 10.5. The van der Waals surface area contributed by atoms with Crippen molar-refractivity contribution in [3.8, 4) is 0 Å². The molecule has 1 aliphatic rings. The standard InChI is InChI=1S/C12H18FN3O2/c1-2-3-7-17-11-8-16(10(13)9-18-11)12-14-5-4-6-15-12/h4-6,10-11H,2-3,7-9H2,1H3. The van der Waals surface area contributed by atoms with E-state index in [1.165, 1.54) is 4.90 Å². The van der Waals surface area contributed by atoms with Crippen LogP contribution in [-0.2, 0) is 9.47 Å². The number of nitrogens with zero attached hydrogens (tertiary/aromatic N) is 3. The van der Waals surface area contributed by atoms with Gasteiger partial charge in [0.05, 0.1) is 6.54 Å². The Bertz CT molecular complexity index is 352. The van der Waals surface area contributed by atoms with Crippen LogP contribution in [0.25, 0.3) is 0 Å². The summed E-state index contributed by atoms with van der Waals surface area (Å²) in [5, 5.41) is 0. The van der Waals surface area contributed by atoms with Gasteiger partial charge in [0.15, 0.2) is 12.6 Å². The highest BCUT2D eigenvalue weighted by molar-refractivity contribution is 5.30. The molecular formula is C12H18FN3O2. The zero-order valence-corrected chi connectivity index (χ0v) is 10.5. The van der Waals surface area contributed by atoms with Gasteiger partial charge in [-0.2, -0.15) is 0 Å². The average molecular weight is 255 g/mol. The highest BCUT2D eigenvalue weighted by atomic mass is 19.1. The first-order valence-electron chi connectivity index (χ1n) is 6.22. The predicted molar refractivity (Wildman–Crippen MR) is 64.9 cm³/mol. The molecule has 1 fully saturated rings. The lowest BCUT2D eigenvalue weighted by Crippen LogP contribution is -2.49. The summed E-state index contributed by atoms with van der Waals surface area (Å²) in [6.45, 7) is 3.01. The van der Waals surface area contributed by atoms with Crippen LogP contribution in [0.4, 0.5) is 10.3 Å². The number of aromatic nitrogens is 2. The summed E-state index contributed by atoms with van der Waals surface area (Å²) >= 11 is 0. The molecule has 0 bridgehead atoms. The van der Waals surface area contributed by atoms with Crippen LogP contribution in [-0.4, -0.2) is 42.3 Å². The maximum Gasteiger partial charge on any atom is 0.227 e. The molecule has 1 aliphatic heterocycles. The van der Waals surface area contributed by atoms with Gasteiger partial charge in [0.25, 0.3) is 0 Å². The molecule has 6 heteroatoms. The molecule has 1 aromatic rings. The minimum absolute atomic E-state index is 0.0188. The Morgan fingerprint density at radius 2 is 2.28 bits per heavy atom. The molecule has 18 heavy (non-hydrogen) atoms. The molecule has 0 aromatic carbocycles. The van der Waals surface area contributed by atoms with E-state index >= 15 is 0 Å².